The van der Waals surface area contributed by atoms with E-state index in [4.69, 9.17) is 45.9 Å². The van der Waals surface area contributed by atoms with Crippen molar-refractivity contribution in [3.63, 3.8) is 0 Å². The second kappa shape index (κ2) is 38.0. The Morgan fingerprint density at radius 2 is 0.755 bits per heavy atom. The lowest BCUT2D eigenvalue weighted by Crippen LogP contribution is -2.60. The molecule has 0 aliphatic carbocycles. The molecule has 3 heterocycles. The number of guanidine groups is 3. The van der Waals surface area contributed by atoms with Gasteiger partial charge in [0.05, 0.1) is 6.04 Å². The van der Waals surface area contributed by atoms with E-state index < -0.39 is 83.6 Å². The quantitative estimate of drug-likeness (QED) is 0.0142. The summed E-state index contributed by atoms with van der Waals surface area (Å²) in [5.41, 5.74) is 50.1. The van der Waals surface area contributed by atoms with Crippen LogP contribution in [0, 0.1) is 0 Å². The number of aliphatic imine (C=N–C) groups is 3. The third-order valence-electron chi connectivity index (χ3n) is 16.1. The van der Waals surface area contributed by atoms with E-state index in [9.17, 15) is 24.0 Å². The summed E-state index contributed by atoms with van der Waals surface area (Å²) in [5.74, 6) is -6.03. The zero-order valence-electron chi connectivity index (χ0n) is 53.5. The summed E-state index contributed by atoms with van der Waals surface area (Å²) in [6.07, 6.45) is 12.1. The summed E-state index contributed by atoms with van der Waals surface area (Å²) in [6, 6.07) is 12.9. The van der Waals surface area contributed by atoms with E-state index in [0.717, 1.165) is 64.8 Å². The number of carbonyl (C=O) groups is 8. The molecule has 508 valence electrons. The molecule has 29 nitrogen and oxygen atoms in total. The van der Waals surface area contributed by atoms with Crippen molar-refractivity contribution in [3.8, 4) is 0 Å². The maximum absolute atomic E-state index is 15.2. The number of nitrogens with zero attached hydrogens (tertiary/aromatic N) is 3. The number of primary amides is 1. The molecule has 0 saturated heterocycles. The van der Waals surface area contributed by atoms with Gasteiger partial charge in [0.25, 0.3) is 0 Å². The highest BCUT2D eigenvalue weighted by atomic mass is 16.2. The smallest absolute Gasteiger partial charge is 0.243 e. The van der Waals surface area contributed by atoms with Crippen LogP contribution in [0.1, 0.15) is 120 Å². The summed E-state index contributed by atoms with van der Waals surface area (Å²) in [5, 5.41) is 22.1. The highest BCUT2D eigenvalue weighted by Crippen LogP contribution is 2.23. The Morgan fingerprint density at radius 1 is 0.404 bits per heavy atom. The fourth-order valence-corrected chi connectivity index (χ4v) is 11.0. The van der Waals surface area contributed by atoms with Gasteiger partial charge in [-0.05, 0) is 99.1 Å². The van der Waals surface area contributed by atoms with E-state index in [1.807, 2.05) is 72.8 Å². The SMILES string of the molecule is CCCCCCCC(=O)NCCCC[C@H](NC(=O)[C@@H](Cc1c[nH]c2ccccc12)NC(=O)[C@@H](CCCN=C(N)N)NC(=O)[C@@H](Cc1c[nH]c2ccccc12)NC(=O)[C@H](CCCN=C(N)N)NC(=O)[C@@H](Cc1c[nH]c2ccccc12)NC(=O)[C@H](N)CCCN=C(N)N)C(N)=O. The Bertz CT molecular complexity index is 3560. The van der Waals surface area contributed by atoms with Gasteiger partial charge in [-0.15, -0.1) is 0 Å². The number of carbonyl (C=O) groups excluding carboxylic acids is 8. The van der Waals surface area contributed by atoms with Gasteiger partial charge >= 0.3 is 0 Å². The van der Waals surface area contributed by atoms with Crippen molar-refractivity contribution >= 4 is 97.8 Å². The Hall–Kier alpha value is -10.2. The number of nitrogens with one attached hydrogen (secondary N) is 10. The molecule has 0 aliphatic rings. The largest absolute Gasteiger partial charge is 0.370 e. The molecule has 0 fully saturated rings. The molecular weight excluding hydrogens is 1200 g/mol. The maximum atomic E-state index is 15.2. The van der Waals surface area contributed by atoms with Gasteiger partial charge in [-0.1, -0.05) is 87.2 Å². The van der Waals surface area contributed by atoms with Gasteiger partial charge in [0.2, 0.25) is 47.3 Å². The lowest BCUT2D eigenvalue weighted by molar-refractivity contribution is -0.135. The van der Waals surface area contributed by atoms with Crippen molar-refractivity contribution in [2.45, 2.75) is 165 Å². The van der Waals surface area contributed by atoms with Crippen molar-refractivity contribution in [2.24, 2.45) is 60.8 Å². The second-order valence-electron chi connectivity index (χ2n) is 23.4. The predicted molar refractivity (Wildman–Crippen MR) is 365 cm³/mol. The highest BCUT2D eigenvalue weighted by Gasteiger charge is 2.35. The minimum atomic E-state index is -1.46. The molecule has 0 spiro atoms. The topological polar surface area (TPSA) is 513 Å². The molecule has 3 aromatic carbocycles. The Morgan fingerprint density at radius 3 is 1.16 bits per heavy atom. The van der Waals surface area contributed by atoms with E-state index >= 15 is 14.4 Å². The number of rotatable bonds is 42. The van der Waals surface area contributed by atoms with Crippen LogP contribution in [0.15, 0.2) is 106 Å². The molecule has 0 unspecified atom stereocenters. The first-order valence-corrected chi connectivity index (χ1v) is 32.2. The fourth-order valence-electron chi connectivity index (χ4n) is 11.0. The van der Waals surface area contributed by atoms with Crippen LogP contribution >= 0.6 is 0 Å². The van der Waals surface area contributed by atoms with Crippen LogP contribution < -0.4 is 83.1 Å². The standard InChI is InChI=1S/C65H95N21O8/c1-2-3-4-5-6-28-55(87)74-29-14-13-25-49(56(67)88)81-60(92)53(34-40-37-79-47-23-11-8-19-43(40)47)85-58(90)51(27-17-32-77-65(72)73)83-62(94)54(35-41-38-80-48-24-12-9-20-44(41)48)86-59(91)50(26-16-31-76-64(70)71)82-61(93)52(33-39-36-78-46-22-10-7-18-42(39)46)84-57(89)45(66)21-15-30-75-63(68)69/h7-12,18-20,22-24,36-38,45,49-54,78-80H,2-6,13-17,21,25-35,66H2,1H3,(H2,67,88)(H,74,87)(H,81,92)(H,82,93)(H,83,94)(H,84,89)(H,85,90)(H,86,91)(H4,68,69,75)(H4,70,71,76)(H4,72,73,77)/t45-,49+,50+,51-,52-,53-,54-/m1/s1. The lowest BCUT2D eigenvalue weighted by atomic mass is 10.0. The van der Waals surface area contributed by atoms with E-state index in [1.165, 1.54) is 0 Å². The normalized spacial score (nSPS) is 13.4. The van der Waals surface area contributed by atoms with Crippen LogP contribution in [-0.4, -0.2) is 149 Å². The highest BCUT2D eigenvalue weighted by molar-refractivity contribution is 5.99. The summed E-state index contributed by atoms with van der Waals surface area (Å²) in [6.45, 7) is 2.79. The van der Waals surface area contributed by atoms with Gasteiger partial charge in [0.15, 0.2) is 17.9 Å². The van der Waals surface area contributed by atoms with Gasteiger partial charge in [0, 0.05) is 103 Å². The molecule has 6 rings (SSSR count). The molecule has 0 aliphatic heterocycles. The molecule has 94 heavy (non-hydrogen) atoms. The van der Waals surface area contributed by atoms with Crippen molar-refractivity contribution in [2.75, 3.05) is 26.2 Å². The van der Waals surface area contributed by atoms with Crippen molar-refractivity contribution < 1.29 is 38.4 Å². The van der Waals surface area contributed by atoms with Gasteiger partial charge in [-0.3, -0.25) is 53.3 Å². The molecule has 26 N–H and O–H groups in total. The molecule has 7 atom stereocenters. The van der Waals surface area contributed by atoms with Crippen molar-refractivity contribution in [3.05, 3.63) is 108 Å². The lowest BCUT2D eigenvalue weighted by Gasteiger charge is -2.28. The van der Waals surface area contributed by atoms with Crippen molar-refractivity contribution in [1.29, 1.82) is 0 Å². The maximum Gasteiger partial charge on any atom is 0.243 e. The number of unbranched alkanes of at least 4 members (excludes halogenated alkanes) is 5. The number of aromatic amines is 3. The number of nitrogens with two attached hydrogens (primary N) is 8. The van der Waals surface area contributed by atoms with Crippen molar-refractivity contribution in [1.82, 2.24) is 52.2 Å². The van der Waals surface area contributed by atoms with Crippen LogP contribution in [0.5, 0.6) is 0 Å². The Labute approximate surface area is 546 Å². The van der Waals surface area contributed by atoms with Crippen LogP contribution in [0.4, 0.5) is 0 Å². The summed E-state index contributed by atoms with van der Waals surface area (Å²) >= 11 is 0. The number of hydrogen-bond acceptors (Lipinski definition) is 12. The molecule has 3 aromatic heterocycles. The molecule has 29 heteroatoms. The predicted octanol–water partition coefficient (Wildman–Crippen LogP) is 0.688. The molecule has 8 amide bonds. The molecule has 0 radical (unpaired) electrons. The number of para-hydroxylation sites is 3. The first-order valence-electron chi connectivity index (χ1n) is 32.2. The van der Waals surface area contributed by atoms with Gasteiger partial charge in [-0.25, -0.2) is 0 Å². The zero-order valence-corrected chi connectivity index (χ0v) is 53.5. The fraction of sp³-hybridized carbons (Fsp3) is 0.462. The second-order valence-corrected chi connectivity index (χ2v) is 23.4. The van der Waals surface area contributed by atoms with Crippen LogP contribution in [0.25, 0.3) is 32.7 Å². The molecule has 0 bridgehead atoms. The molecule has 0 saturated carbocycles. The van der Waals surface area contributed by atoms with Gasteiger partial charge in [0.1, 0.15) is 36.3 Å². The number of hydrogen-bond donors (Lipinski definition) is 18. The number of H-pyrrole nitrogens is 3. The monoisotopic (exact) mass is 1300 g/mol. The minimum absolute atomic E-state index is 0.0358. The van der Waals surface area contributed by atoms with E-state index in [2.05, 4.69) is 74.1 Å². The number of aromatic nitrogens is 3. The molecule has 6 aromatic rings. The van der Waals surface area contributed by atoms with E-state index in [1.54, 1.807) is 18.6 Å². The van der Waals surface area contributed by atoms with E-state index in [-0.39, 0.29) is 101 Å². The first kappa shape index (κ1) is 72.9. The average molecular weight is 1300 g/mol. The van der Waals surface area contributed by atoms with Gasteiger partial charge < -0.3 is 98.0 Å². The van der Waals surface area contributed by atoms with Crippen LogP contribution in [-0.2, 0) is 57.6 Å². The zero-order chi connectivity index (χ0) is 67.9. The number of amides is 8. The summed E-state index contributed by atoms with van der Waals surface area (Å²) < 4.78 is 0. The van der Waals surface area contributed by atoms with Crippen LogP contribution in [0.3, 0.4) is 0 Å². The molecular formula is C65H95N21O8. The van der Waals surface area contributed by atoms with Crippen LogP contribution in [0.2, 0.25) is 0 Å². The Kier molecular flexibility index (Phi) is 29.4. The van der Waals surface area contributed by atoms with E-state index in [0.29, 0.717) is 48.9 Å². The first-order chi connectivity index (χ1) is 45.2. The Balaban J connectivity index is 1.28. The minimum Gasteiger partial charge on any atom is -0.370 e. The van der Waals surface area contributed by atoms with Gasteiger partial charge in [-0.2, -0.15) is 0 Å². The number of benzene rings is 3. The summed E-state index contributed by atoms with van der Waals surface area (Å²) in [4.78, 5) is 136. The number of fused-ring (bicyclic) bond motifs is 3. The average Bonchev–Trinajstić information content (AvgIpc) is 1.67. The summed E-state index contributed by atoms with van der Waals surface area (Å²) in [7, 11) is 0. The third-order valence-corrected chi connectivity index (χ3v) is 16.1. The third kappa shape index (κ3) is 23.8.